The van der Waals surface area contributed by atoms with Crippen molar-refractivity contribution in [2.24, 2.45) is 0 Å². The Balaban J connectivity index is 2.48. The van der Waals surface area contributed by atoms with Gasteiger partial charge in [0, 0.05) is 18.8 Å². The van der Waals surface area contributed by atoms with Crippen molar-refractivity contribution in [2.45, 2.75) is 19.9 Å². The van der Waals surface area contributed by atoms with Crippen LogP contribution in [-0.2, 0) is 11.3 Å². The van der Waals surface area contributed by atoms with Gasteiger partial charge in [-0.1, -0.05) is 6.92 Å². The van der Waals surface area contributed by atoms with Crippen molar-refractivity contribution in [3.63, 3.8) is 0 Å². The Bertz CT molecular complexity index is 201. The number of aromatic nitrogens is 1. The maximum Gasteiger partial charge on any atom is 0.152 e. The molecule has 0 saturated heterocycles. The second kappa shape index (κ2) is 3.20. The van der Waals surface area contributed by atoms with Crippen LogP contribution in [-0.4, -0.2) is 10.4 Å². The van der Waals surface area contributed by atoms with Crippen LogP contribution in [0.25, 0.3) is 0 Å². The number of rotatable bonds is 3. The minimum Gasteiger partial charge on any atom is -0.347 e. The predicted octanol–water partition coefficient (Wildman–Crippen LogP) is 1.47. The Labute approximate surface area is 60.5 Å². The number of carbonyl (C=O) groups is 1. The van der Waals surface area contributed by atoms with Crippen molar-refractivity contribution in [3.05, 3.63) is 24.5 Å². The molecule has 0 saturated carbocycles. The van der Waals surface area contributed by atoms with Gasteiger partial charge in [-0.05, 0) is 12.1 Å². The van der Waals surface area contributed by atoms with E-state index in [0.717, 1.165) is 0 Å². The van der Waals surface area contributed by atoms with Gasteiger partial charge in [-0.15, -0.1) is 0 Å². The normalized spacial score (nSPS) is 9.70. The van der Waals surface area contributed by atoms with E-state index in [4.69, 9.17) is 0 Å². The first-order valence-corrected chi connectivity index (χ1v) is 3.45. The van der Waals surface area contributed by atoms with Crippen LogP contribution in [0.4, 0.5) is 0 Å². The van der Waals surface area contributed by atoms with E-state index in [1.807, 2.05) is 36.0 Å². The summed E-state index contributed by atoms with van der Waals surface area (Å²) < 4.78 is 1.88. The van der Waals surface area contributed by atoms with Gasteiger partial charge in [0.15, 0.2) is 5.78 Å². The van der Waals surface area contributed by atoms with E-state index in [0.29, 0.717) is 13.0 Å². The summed E-state index contributed by atoms with van der Waals surface area (Å²) in [6.45, 7) is 2.40. The van der Waals surface area contributed by atoms with Gasteiger partial charge in [-0.3, -0.25) is 4.79 Å². The molecule has 1 heterocycles. The maximum atomic E-state index is 10.9. The third-order valence-corrected chi connectivity index (χ3v) is 1.42. The highest BCUT2D eigenvalue weighted by molar-refractivity contribution is 5.77. The van der Waals surface area contributed by atoms with Gasteiger partial charge in [0.05, 0.1) is 6.54 Å². The summed E-state index contributed by atoms with van der Waals surface area (Å²) in [5.41, 5.74) is 0. The maximum absolute atomic E-state index is 10.9. The molecule has 10 heavy (non-hydrogen) atoms. The lowest BCUT2D eigenvalue weighted by Crippen LogP contribution is -2.05. The van der Waals surface area contributed by atoms with E-state index < -0.39 is 0 Å². The van der Waals surface area contributed by atoms with E-state index in [9.17, 15) is 4.79 Å². The molecule has 0 amide bonds. The van der Waals surface area contributed by atoms with Gasteiger partial charge in [0.2, 0.25) is 0 Å². The van der Waals surface area contributed by atoms with E-state index >= 15 is 0 Å². The van der Waals surface area contributed by atoms with Crippen molar-refractivity contribution in [1.29, 1.82) is 0 Å². The molecule has 0 aliphatic heterocycles. The highest BCUT2D eigenvalue weighted by Gasteiger charge is 1.96. The van der Waals surface area contributed by atoms with Crippen molar-refractivity contribution in [1.82, 2.24) is 4.57 Å². The Kier molecular flexibility index (Phi) is 2.26. The van der Waals surface area contributed by atoms with Crippen molar-refractivity contribution >= 4 is 5.78 Å². The van der Waals surface area contributed by atoms with Crippen LogP contribution in [0.2, 0.25) is 0 Å². The van der Waals surface area contributed by atoms with E-state index in [2.05, 4.69) is 0 Å². The SMILES string of the molecule is CCC(=O)Cn1cccc1. The van der Waals surface area contributed by atoms with Crippen LogP contribution in [0.3, 0.4) is 0 Å². The molecule has 54 valence electrons. The molecule has 2 heteroatoms. The Morgan fingerprint density at radius 3 is 2.50 bits per heavy atom. The van der Waals surface area contributed by atoms with Gasteiger partial charge in [-0.25, -0.2) is 0 Å². The van der Waals surface area contributed by atoms with E-state index in [-0.39, 0.29) is 5.78 Å². The topological polar surface area (TPSA) is 22.0 Å². The summed E-state index contributed by atoms with van der Waals surface area (Å²) in [7, 11) is 0. The van der Waals surface area contributed by atoms with E-state index in [1.165, 1.54) is 0 Å². The summed E-state index contributed by atoms with van der Waals surface area (Å²) in [6.07, 6.45) is 4.42. The van der Waals surface area contributed by atoms with Crippen LogP contribution in [0.5, 0.6) is 0 Å². The fourth-order valence-corrected chi connectivity index (χ4v) is 0.791. The molecule has 0 atom stereocenters. The smallest absolute Gasteiger partial charge is 0.152 e. The van der Waals surface area contributed by atoms with Crippen LogP contribution in [0.1, 0.15) is 13.3 Å². The molecular weight excluding hydrogens is 126 g/mol. The fraction of sp³-hybridized carbons (Fsp3) is 0.375. The molecule has 2 nitrogen and oxygen atoms in total. The molecule has 0 fully saturated rings. The molecule has 0 spiro atoms. The fourth-order valence-electron chi connectivity index (χ4n) is 0.791. The number of Topliss-reactive ketones (excluding diaryl/α,β-unsaturated/α-hetero) is 1. The summed E-state index contributed by atoms with van der Waals surface area (Å²) in [5.74, 6) is 0.274. The molecule has 1 aromatic heterocycles. The first-order chi connectivity index (χ1) is 4.83. The lowest BCUT2D eigenvalue weighted by atomic mass is 10.3. The van der Waals surface area contributed by atoms with Crippen LogP contribution >= 0.6 is 0 Å². The molecule has 0 aromatic carbocycles. The number of hydrogen-bond donors (Lipinski definition) is 0. The Morgan fingerprint density at radius 2 is 2.00 bits per heavy atom. The van der Waals surface area contributed by atoms with Crippen molar-refractivity contribution in [2.75, 3.05) is 0 Å². The van der Waals surface area contributed by atoms with Crippen molar-refractivity contribution in [3.8, 4) is 0 Å². The third kappa shape index (κ3) is 1.72. The zero-order chi connectivity index (χ0) is 7.40. The second-order valence-corrected chi connectivity index (χ2v) is 2.25. The van der Waals surface area contributed by atoms with Crippen LogP contribution in [0.15, 0.2) is 24.5 Å². The standard InChI is InChI=1S/C8H11NO/c1-2-8(10)7-9-5-3-4-6-9/h3-6H,2,7H2,1H3. The summed E-state index contributed by atoms with van der Waals surface area (Å²) in [4.78, 5) is 10.9. The van der Waals surface area contributed by atoms with E-state index in [1.54, 1.807) is 0 Å². The van der Waals surface area contributed by atoms with Gasteiger partial charge in [0.25, 0.3) is 0 Å². The average Bonchev–Trinajstić information content (AvgIpc) is 2.40. The van der Waals surface area contributed by atoms with Gasteiger partial charge in [0.1, 0.15) is 0 Å². The van der Waals surface area contributed by atoms with Crippen LogP contribution < -0.4 is 0 Å². The molecule has 0 aliphatic rings. The molecule has 0 radical (unpaired) electrons. The number of carbonyl (C=O) groups excluding carboxylic acids is 1. The molecule has 0 aliphatic carbocycles. The molecule has 0 N–H and O–H groups in total. The quantitative estimate of drug-likeness (QED) is 0.618. The predicted molar refractivity (Wildman–Crippen MR) is 39.7 cm³/mol. The molecule has 0 bridgehead atoms. The number of hydrogen-bond acceptors (Lipinski definition) is 1. The second-order valence-electron chi connectivity index (χ2n) is 2.25. The molecular formula is C8H11NO. The zero-order valence-electron chi connectivity index (χ0n) is 6.08. The Morgan fingerprint density at radius 1 is 1.40 bits per heavy atom. The molecule has 1 aromatic rings. The number of nitrogens with zero attached hydrogens (tertiary/aromatic N) is 1. The minimum atomic E-state index is 0.274. The molecule has 1 rings (SSSR count). The third-order valence-electron chi connectivity index (χ3n) is 1.42. The van der Waals surface area contributed by atoms with Gasteiger partial charge >= 0.3 is 0 Å². The zero-order valence-corrected chi connectivity index (χ0v) is 6.08. The Hall–Kier alpha value is -1.05. The summed E-state index contributed by atoms with van der Waals surface area (Å²) in [6, 6.07) is 3.84. The monoisotopic (exact) mass is 137 g/mol. The molecule has 0 unspecified atom stereocenters. The highest BCUT2D eigenvalue weighted by Crippen LogP contribution is 1.91. The van der Waals surface area contributed by atoms with Gasteiger partial charge in [-0.2, -0.15) is 0 Å². The number of ketones is 1. The lowest BCUT2D eigenvalue weighted by molar-refractivity contribution is -0.119. The summed E-state index contributed by atoms with van der Waals surface area (Å²) in [5, 5.41) is 0. The minimum absolute atomic E-state index is 0.274. The average molecular weight is 137 g/mol. The first kappa shape index (κ1) is 7.06. The first-order valence-electron chi connectivity index (χ1n) is 3.45. The highest BCUT2D eigenvalue weighted by atomic mass is 16.1. The van der Waals surface area contributed by atoms with Gasteiger partial charge < -0.3 is 4.57 Å². The largest absolute Gasteiger partial charge is 0.347 e. The lowest BCUT2D eigenvalue weighted by Gasteiger charge is -1.97. The van der Waals surface area contributed by atoms with Crippen molar-refractivity contribution < 1.29 is 4.79 Å². The summed E-state index contributed by atoms with van der Waals surface area (Å²) >= 11 is 0. The van der Waals surface area contributed by atoms with Crippen LogP contribution in [0, 0.1) is 0 Å².